The van der Waals surface area contributed by atoms with E-state index in [9.17, 15) is 18.4 Å². The number of aryl methyl sites for hydroxylation is 1. The van der Waals surface area contributed by atoms with Crippen LogP contribution in [0.1, 0.15) is 38.3 Å². The van der Waals surface area contributed by atoms with Gasteiger partial charge in [0.25, 0.3) is 0 Å². The molecule has 1 aliphatic carbocycles. The molecule has 0 bridgehead atoms. The van der Waals surface area contributed by atoms with E-state index in [2.05, 4.69) is 5.32 Å². The van der Waals surface area contributed by atoms with Crippen molar-refractivity contribution >= 4 is 17.6 Å². The number of anilines is 1. The number of hydrogen-bond acceptors (Lipinski definition) is 2. The van der Waals surface area contributed by atoms with E-state index in [-0.39, 0.29) is 24.2 Å². The number of urea groups is 1. The van der Waals surface area contributed by atoms with Crippen molar-refractivity contribution < 1.29 is 18.4 Å². The van der Waals surface area contributed by atoms with Crippen LogP contribution in [0.25, 0.3) is 0 Å². The zero-order chi connectivity index (χ0) is 21.7. The van der Waals surface area contributed by atoms with Crippen LogP contribution < -0.4 is 5.32 Å². The van der Waals surface area contributed by atoms with Gasteiger partial charge in [-0.3, -0.25) is 4.79 Å². The minimum Gasteiger partial charge on any atom is -0.353 e. The number of carbonyl (C=O) groups is 2. The van der Waals surface area contributed by atoms with Crippen molar-refractivity contribution in [2.45, 2.75) is 45.2 Å². The highest BCUT2D eigenvalue weighted by molar-refractivity contribution is 5.92. The molecule has 1 saturated carbocycles. The van der Waals surface area contributed by atoms with Crippen molar-refractivity contribution in [1.82, 2.24) is 14.4 Å². The Morgan fingerprint density at radius 1 is 1.23 bits per heavy atom. The second-order valence-electron chi connectivity index (χ2n) is 7.69. The molecule has 0 spiro atoms. The lowest BCUT2D eigenvalue weighted by Gasteiger charge is -2.28. The van der Waals surface area contributed by atoms with Gasteiger partial charge in [-0.1, -0.05) is 13.3 Å². The van der Waals surface area contributed by atoms with E-state index in [0.29, 0.717) is 25.6 Å². The maximum Gasteiger partial charge on any atom is 0.322 e. The van der Waals surface area contributed by atoms with Crippen LogP contribution in [0, 0.1) is 11.6 Å². The van der Waals surface area contributed by atoms with Crippen LogP contribution in [0.15, 0.2) is 36.5 Å². The van der Waals surface area contributed by atoms with Crippen molar-refractivity contribution in [3.05, 3.63) is 53.9 Å². The summed E-state index contributed by atoms with van der Waals surface area (Å²) >= 11 is 0. The number of nitrogens with one attached hydrogen (secondary N) is 1. The molecule has 0 unspecified atom stereocenters. The fourth-order valence-electron chi connectivity index (χ4n) is 3.28. The van der Waals surface area contributed by atoms with Gasteiger partial charge in [0.1, 0.15) is 18.2 Å². The molecule has 30 heavy (non-hydrogen) atoms. The summed E-state index contributed by atoms with van der Waals surface area (Å²) in [5.74, 6) is -1.71. The minimum atomic E-state index is -0.853. The summed E-state index contributed by atoms with van der Waals surface area (Å²) in [6.45, 7) is 2.77. The van der Waals surface area contributed by atoms with Crippen LogP contribution in [0.3, 0.4) is 0 Å². The van der Waals surface area contributed by atoms with Crippen LogP contribution in [0.2, 0.25) is 0 Å². The Morgan fingerprint density at radius 2 is 2.00 bits per heavy atom. The summed E-state index contributed by atoms with van der Waals surface area (Å²) in [6, 6.07) is 6.50. The van der Waals surface area contributed by atoms with Crippen molar-refractivity contribution in [3.63, 3.8) is 0 Å². The van der Waals surface area contributed by atoms with Crippen molar-refractivity contribution in [1.29, 1.82) is 0 Å². The number of rotatable bonds is 9. The molecule has 1 aromatic carbocycles. The Labute approximate surface area is 175 Å². The normalized spacial score (nSPS) is 13.2. The fourth-order valence-corrected chi connectivity index (χ4v) is 3.28. The Hall–Kier alpha value is -2.90. The highest BCUT2D eigenvalue weighted by Crippen LogP contribution is 2.28. The number of benzene rings is 1. The van der Waals surface area contributed by atoms with E-state index in [1.165, 1.54) is 11.0 Å². The van der Waals surface area contributed by atoms with E-state index in [4.69, 9.17) is 0 Å². The maximum absolute atomic E-state index is 13.9. The minimum absolute atomic E-state index is 0.0877. The summed E-state index contributed by atoms with van der Waals surface area (Å²) < 4.78 is 29.0. The number of aromatic nitrogens is 1. The van der Waals surface area contributed by atoms with Gasteiger partial charge in [0.15, 0.2) is 0 Å². The molecule has 1 heterocycles. The largest absolute Gasteiger partial charge is 0.353 e. The number of nitrogens with zero attached hydrogens (tertiary/aromatic N) is 3. The lowest BCUT2D eigenvalue weighted by atomic mass is 10.3. The van der Waals surface area contributed by atoms with Crippen molar-refractivity contribution in [3.8, 4) is 0 Å². The maximum atomic E-state index is 13.9. The Bertz CT molecular complexity index is 895. The molecule has 6 nitrogen and oxygen atoms in total. The first-order chi connectivity index (χ1) is 14.4. The standard InChI is InChI=1S/C22H28F2N4O2/c1-3-4-12-27(22(30)25-20-10-7-16(23)13-19(20)24)15-21(29)28(17-8-9-17)14-18-6-5-11-26(18)2/h5-7,10-11,13,17H,3-4,8-9,12,14-15H2,1-2H3,(H,25,30). The van der Waals surface area contributed by atoms with Crippen LogP contribution in [-0.2, 0) is 18.4 Å². The van der Waals surface area contributed by atoms with Crippen LogP contribution >= 0.6 is 0 Å². The first-order valence-corrected chi connectivity index (χ1v) is 10.3. The lowest BCUT2D eigenvalue weighted by Crippen LogP contribution is -2.45. The number of hydrogen-bond donors (Lipinski definition) is 1. The summed E-state index contributed by atoms with van der Waals surface area (Å²) in [6.07, 6.45) is 5.41. The first kappa shape index (κ1) is 21.8. The molecule has 162 valence electrons. The van der Waals surface area contributed by atoms with Gasteiger partial charge in [0, 0.05) is 37.6 Å². The van der Waals surface area contributed by atoms with Crippen molar-refractivity contribution in [2.24, 2.45) is 7.05 Å². The first-order valence-electron chi connectivity index (χ1n) is 10.3. The zero-order valence-corrected chi connectivity index (χ0v) is 17.4. The van der Waals surface area contributed by atoms with E-state index in [0.717, 1.165) is 31.0 Å². The summed E-state index contributed by atoms with van der Waals surface area (Å²) in [5.41, 5.74) is 0.909. The Kier molecular flexibility index (Phi) is 7.07. The molecule has 1 fully saturated rings. The summed E-state index contributed by atoms with van der Waals surface area (Å²) in [4.78, 5) is 29.0. The van der Waals surface area contributed by atoms with Crippen LogP contribution in [0.4, 0.5) is 19.3 Å². The Balaban J connectivity index is 1.69. The lowest BCUT2D eigenvalue weighted by molar-refractivity contribution is -0.133. The third-order valence-corrected chi connectivity index (χ3v) is 5.26. The highest BCUT2D eigenvalue weighted by Gasteiger charge is 2.34. The highest BCUT2D eigenvalue weighted by atomic mass is 19.1. The van der Waals surface area contributed by atoms with Gasteiger partial charge >= 0.3 is 6.03 Å². The molecule has 0 aliphatic heterocycles. The fraction of sp³-hybridized carbons (Fsp3) is 0.455. The average Bonchev–Trinajstić information content (AvgIpc) is 3.47. The average molecular weight is 418 g/mol. The molecule has 1 N–H and O–H groups in total. The smallest absolute Gasteiger partial charge is 0.322 e. The topological polar surface area (TPSA) is 57.6 Å². The third-order valence-electron chi connectivity index (χ3n) is 5.26. The predicted molar refractivity (Wildman–Crippen MR) is 111 cm³/mol. The number of halogens is 2. The molecule has 3 amide bonds. The zero-order valence-electron chi connectivity index (χ0n) is 17.4. The second-order valence-corrected chi connectivity index (χ2v) is 7.69. The molecule has 0 saturated heterocycles. The monoisotopic (exact) mass is 418 g/mol. The number of unbranched alkanes of at least 4 members (excludes halogenated alkanes) is 1. The molecule has 1 aliphatic rings. The van der Waals surface area contributed by atoms with Crippen LogP contribution in [0.5, 0.6) is 0 Å². The van der Waals surface area contributed by atoms with Gasteiger partial charge in [0.05, 0.1) is 12.2 Å². The Morgan fingerprint density at radius 3 is 2.60 bits per heavy atom. The summed E-state index contributed by atoms with van der Waals surface area (Å²) in [7, 11) is 1.93. The van der Waals surface area contributed by atoms with Gasteiger partial charge in [-0.25, -0.2) is 13.6 Å². The quantitative estimate of drug-likeness (QED) is 0.666. The number of carbonyl (C=O) groups excluding carboxylic acids is 2. The van der Waals surface area contributed by atoms with Crippen molar-refractivity contribution in [2.75, 3.05) is 18.4 Å². The van der Waals surface area contributed by atoms with Gasteiger partial charge in [-0.05, 0) is 43.5 Å². The van der Waals surface area contributed by atoms with Gasteiger partial charge in [-0.15, -0.1) is 0 Å². The predicted octanol–water partition coefficient (Wildman–Crippen LogP) is 4.13. The molecule has 0 radical (unpaired) electrons. The van der Waals surface area contributed by atoms with Gasteiger partial charge in [-0.2, -0.15) is 0 Å². The van der Waals surface area contributed by atoms with Gasteiger partial charge < -0.3 is 19.7 Å². The van der Waals surface area contributed by atoms with Gasteiger partial charge in [0.2, 0.25) is 5.91 Å². The van der Waals surface area contributed by atoms with E-state index in [1.807, 2.05) is 41.8 Å². The molecule has 0 atom stereocenters. The molecule has 1 aromatic heterocycles. The van der Waals surface area contributed by atoms with Crippen LogP contribution in [-0.4, -0.2) is 45.4 Å². The SMILES string of the molecule is CCCCN(CC(=O)N(Cc1cccn1C)C1CC1)C(=O)Nc1ccc(F)cc1F. The number of amides is 3. The molecular formula is C22H28F2N4O2. The molecule has 3 rings (SSSR count). The third kappa shape index (κ3) is 5.58. The molecule has 2 aromatic rings. The van der Waals surface area contributed by atoms with E-state index in [1.54, 1.807) is 0 Å². The van der Waals surface area contributed by atoms with E-state index >= 15 is 0 Å². The molecule has 8 heteroatoms. The molecular weight excluding hydrogens is 390 g/mol. The summed E-state index contributed by atoms with van der Waals surface area (Å²) in [5, 5.41) is 2.46. The second kappa shape index (κ2) is 9.73. The van der Waals surface area contributed by atoms with E-state index < -0.39 is 17.7 Å².